The van der Waals surface area contributed by atoms with Gasteiger partial charge in [-0.15, -0.1) is 6.58 Å². The summed E-state index contributed by atoms with van der Waals surface area (Å²) in [6.07, 6.45) is 2.50. The van der Waals surface area contributed by atoms with Crippen LogP contribution in [0.5, 0.6) is 0 Å². The molecule has 0 aromatic heterocycles. The number of carbonyl (C=O) groups is 1. The Kier molecular flexibility index (Phi) is 4.71. The highest BCUT2D eigenvalue weighted by Crippen LogP contribution is 2.34. The van der Waals surface area contributed by atoms with Crippen molar-refractivity contribution >= 4 is 22.0 Å². The molecule has 1 aromatic carbocycles. The van der Waals surface area contributed by atoms with Gasteiger partial charge >= 0.3 is 6.09 Å². The SMILES string of the molecule is C=CC1(C)CN(C(=O)OC(C)(C)C)CCc2ccc(Br)cc21. The predicted molar refractivity (Wildman–Crippen MR) is 93.2 cm³/mol. The van der Waals surface area contributed by atoms with Crippen LogP contribution >= 0.6 is 15.9 Å². The lowest BCUT2D eigenvalue weighted by Crippen LogP contribution is -2.43. The van der Waals surface area contributed by atoms with Crippen LogP contribution in [0.2, 0.25) is 0 Å². The quantitative estimate of drug-likeness (QED) is 0.675. The Bertz CT molecular complexity index is 591. The second-order valence-electron chi connectivity index (χ2n) is 7.07. The summed E-state index contributed by atoms with van der Waals surface area (Å²) in [6.45, 7) is 13.0. The van der Waals surface area contributed by atoms with Gasteiger partial charge in [0.15, 0.2) is 0 Å². The number of hydrogen-bond donors (Lipinski definition) is 0. The van der Waals surface area contributed by atoms with Gasteiger partial charge in [-0.05, 0) is 50.5 Å². The number of halogens is 1. The predicted octanol–water partition coefficient (Wildman–Crippen LogP) is 4.69. The topological polar surface area (TPSA) is 29.5 Å². The van der Waals surface area contributed by atoms with Crippen LogP contribution in [-0.2, 0) is 16.6 Å². The molecule has 1 amide bonds. The Morgan fingerprint density at radius 1 is 1.45 bits per heavy atom. The second kappa shape index (κ2) is 6.07. The molecule has 0 radical (unpaired) electrons. The van der Waals surface area contributed by atoms with Crippen molar-refractivity contribution in [2.75, 3.05) is 13.1 Å². The van der Waals surface area contributed by atoms with E-state index in [1.807, 2.05) is 32.9 Å². The van der Waals surface area contributed by atoms with Gasteiger partial charge in [-0.3, -0.25) is 0 Å². The summed E-state index contributed by atoms with van der Waals surface area (Å²) in [5.74, 6) is 0. The molecule has 0 N–H and O–H groups in total. The zero-order valence-corrected chi connectivity index (χ0v) is 15.4. The highest BCUT2D eigenvalue weighted by Gasteiger charge is 2.34. The van der Waals surface area contributed by atoms with Gasteiger partial charge in [-0.1, -0.05) is 35.0 Å². The second-order valence-corrected chi connectivity index (χ2v) is 7.99. The lowest BCUT2D eigenvalue weighted by atomic mass is 9.80. The molecule has 0 aliphatic carbocycles. The Morgan fingerprint density at radius 3 is 2.73 bits per heavy atom. The molecule has 4 heteroatoms. The molecule has 22 heavy (non-hydrogen) atoms. The first-order valence-corrected chi connectivity index (χ1v) is 8.34. The Balaban J connectivity index is 2.33. The van der Waals surface area contributed by atoms with E-state index in [2.05, 4.69) is 41.6 Å². The first-order chi connectivity index (χ1) is 10.1. The smallest absolute Gasteiger partial charge is 0.410 e. The minimum atomic E-state index is -0.482. The van der Waals surface area contributed by atoms with Crippen LogP contribution in [0, 0.1) is 0 Å². The van der Waals surface area contributed by atoms with Crippen molar-refractivity contribution in [2.24, 2.45) is 0 Å². The molecular formula is C18H24BrNO2. The average molecular weight is 366 g/mol. The summed E-state index contributed by atoms with van der Waals surface area (Å²) >= 11 is 3.54. The molecule has 2 rings (SSSR count). The van der Waals surface area contributed by atoms with E-state index >= 15 is 0 Å². The van der Waals surface area contributed by atoms with Gasteiger partial charge in [0, 0.05) is 23.0 Å². The third-order valence-electron chi connectivity index (χ3n) is 3.96. The van der Waals surface area contributed by atoms with Gasteiger partial charge in [-0.25, -0.2) is 4.79 Å². The number of nitrogens with zero attached hydrogens (tertiary/aromatic N) is 1. The van der Waals surface area contributed by atoms with Gasteiger partial charge in [0.2, 0.25) is 0 Å². The standard InChI is InChI=1S/C18H24BrNO2/c1-6-18(5)12-20(16(21)22-17(2,3)4)10-9-13-7-8-14(19)11-15(13)18/h6-8,11H,1,9-10,12H2,2-5H3. The molecule has 0 fully saturated rings. The van der Waals surface area contributed by atoms with Gasteiger partial charge < -0.3 is 9.64 Å². The van der Waals surface area contributed by atoms with Crippen molar-refractivity contribution in [3.63, 3.8) is 0 Å². The van der Waals surface area contributed by atoms with E-state index in [-0.39, 0.29) is 11.5 Å². The molecule has 1 unspecified atom stereocenters. The van der Waals surface area contributed by atoms with Crippen LogP contribution in [0.25, 0.3) is 0 Å². The molecule has 0 saturated carbocycles. The van der Waals surface area contributed by atoms with E-state index in [1.54, 1.807) is 4.90 Å². The number of fused-ring (bicyclic) bond motifs is 1. The summed E-state index contributed by atoms with van der Waals surface area (Å²) in [7, 11) is 0. The fourth-order valence-electron chi connectivity index (χ4n) is 2.77. The lowest BCUT2D eigenvalue weighted by molar-refractivity contribution is 0.0232. The first-order valence-electron chi connectivity index (χ1n) is 7.55. The van der Waals surface area contributed by atoms with Crippen LogP contribution in [0.3, 0.4) is 0 Å². The number of amides is 1. The van der Waals surface area contributed by atoms with Crippen molar-refractivity contribution in [3.8, 4) is 0 Å². The summed E-state index contributed by atoms with van der Waals surface area (Å²) in [4.78, 5) is 14.2. The molecule has 3 nitrogen and oxygen atoms in total. The van der Waals surface area contributed by atoms with E-state index in [9.17, 15) is 4.79 Å². The molecule has 1 aromatic rings. The molecular weight excluding hydrogens is 342 g/mol. The number of carbonyl (C=O) groups excluding carboxylic acids is 1. The fourth-order valence-corrected chi connectivity index (χ4v) is 3.13. The van der Waals surface area contributed by atoms with Crippen molar-refractivity contribution in [1.82, 2.24) is 4.90 Å². The minimum absolute atomic E-state index is 0.257. The zero-order chi connectivity index (χ0) is 16.5. The Hall–Kier alpha value is -1.29. The summed E-state index contributed by atoms with van der Waals surface area (Å²) < 4.78 is 6.58. The molecule has 120 valence electrons. The van der Waals surface area contributed by atoms with Gasteiger partial charge in [0.25, 0.3) is 0 Å². The van der Waals surface area contributed by atoms with E-state index < -0.39 is 5.60 Å². The molecule has 0 bridgehead atoms. The normalized spacial score (nSPS) is 21.8. The summed E-state index contributed by atoms with van der Waals surface area (Å²) in [5, 5.41) is 0. The number of hydrogen-bond acceptors (Lipinski definition) is 2. The summed E-state index contributed by atoms with van der Waals surface area (Å²) in [6, 6.07) is 6.31. The van der Waals surface area contributed by atoms with Gasteiger partial charge in [0.05, 0.1) is 0 Å². The Morgan fingerprint density at radius 2 is 2.14 bits per heavy atom. The van der Waals surface area contributed by atoms with Crippen LogP contribution in [0.1, 0.15) is 38.8 Å². The van der Waals surface area contributed by atoms with Gasteiger partial charge in [0.1, 0.15) is 5.60 Å². The van der Waals surface area contributed by atoms with Crippen molar-refractivity contribution < 1.29 is 9.53 Å². The van der Waals surface area contributed by atoms with Crippen LogP contribution in [0.4, 0.5) is 4.79 Å². The maximum atomic E-state index is 12.4. The molecule has 0 spiro atoms. The monoisotopic (exact) mass is 365 g/mol. The van der Waals surface area contributed by atoms with E-state index in [1.165, 1.54) is 11.1 Å². The third-order valence-corrected chi connectivity index (χ3v) is 4.45. The highest BCUT2D eigenvalue weighted by atomic mass is 79.9. The number of benzene rings is 1. The van der Waals surface area contributed by atoms with E-state index in [0.29, 0.717) is 13.1 Å². The van der Waals surface area contributed by atoms with Crippen LogP contribution < -0.4 is 0 Å². The summed E-state index contributed by atoms with van der Waals surface area (Å²) in [5.41, 5.74) is 1.72. The fraction of sp³-hybridized carbons (Fsp3) is 0.500. The molecule has 1 atom stereocenters. The minimum Gasteiger partial charge on any atom is -0.444 e. The van der Waals surface area contributed by atoms with Crippen LogP contribution in [0.15, 0.2) is 35.3 Å². The maximum Gasteiger partial charge on any atom is 0.410 e. The van der Waals surface area contributed by atoms with Gasteiger partial charge in [-0.2, -0.15) is 0 Å². The van der Waals surface area contributed by atoms with E-state index in [4.69, 9.17) is 4.74 Å². The Labute approximate surface area is 141 Å². The van der Waals surface area contributed by atoms with Crippen molar-refractivity contribution in [3.05, 3.63) is 46.5 Å². The largest absolute Gasteiger partial charge is 0.444 e. The number of ether oxygens (including phenoxy) is 1. The number of rotatable bonds is 1. The zero-order valence-electron chi connectivity index (χ0n) is 13.8. The first kappa shape index (κ1) is 17.1. The van der Waals surface area contributed by atoms with E-state index in [0.717, 1.165) is 10.9 Å². The third kappa shape index (κ3) is 3.72. The van der Waals surface area contributed by atoms with Crippen molar-refractivity contribution in [2.45, 2.75) is 45.1 Å². The van der Waals surface area contributed by atoms with Crippen molar-refractivity contribution in [1.29, 1.82) is 0 Å². The maximum absolute atomic E-state index is 12.4. The molecule has 1 aliphatic rings. The molecule has 1 heterocycles. The molecule has 1 aliphatic heterocycles. The average Bonchev–Trinajstić information content (AvgIpc) is 2.55. The lowest BCUT2D eigenvalue weighted by Gasteiger charge is -2.33. The molecule has 0 saturated heterocycles. The highest BCUT2D eigenvalue weighted by molar-refractivity contribution is 9.10. The van der Waals surface area contributed by atoms with Crippen LogP contribution in [-0.4, -0.2) is 29.7 Å².